The highest BCUT2D eigenvalue weighted by Gasteiger charge is 2.41. The van der Waals surface area contributed by atoms with E-state index in [4.69, 9.17) is 23.7 Å². The molecule has 1 amide bonds. The molecule has 312 valence electrons. The van der Waals surface area contributed by atoms with Crippen LogP contribution in [-0.2, 0) is 42.9 Å². The fraction of sp³-hybridized carbons (Fsp3) is 0.767. The molecule has 3 aliphatic rings. The zero-order valence-corrected chi connectivity index (χ0v) is 34.5. The number of ether oxygens (including phenoxy) is 5. The van der Waals surface area contributed by atoms with E-state index in [1.807, 2.05) is 32.9 Å². The van der Waals surface area contributed by atoms with Gasteiger partial charge in [0.2, 0.25) is 6.41 Å². The number of cyclic esters (lactones) is 1. The summed E-state index contributed by atoms with van der Waals surface area (Å²) in [7, 11) is 4.81. The van der Waals surface area contributed by atoms with Gasteiger partial charge >= 0.3 is 11.9 Å². The second kappa shape index (κ2) is 22.7. The minimum Gasteiger partial charge on any atom is -0.457 e. The molecule has 3 fully saturated rings. The number of carbonyl (C=O) groups is 4. The molecular formula is C43H69NO11. The van der Waals surface area contributed by atoms with Gasteiger partial charge in [0.1, 0.15) is 17.9 Å². The van der Waals surface area contributed by atoms with Crippen LogP contribution in [-0.4, -0.2) is 116 Å². The molecule has 55 heavy (non-hydrogen) atoms. The fourth-order valence-electron chi connectivity index (χ4n) is 8.64. The Labute approximate surface area is 329 Å². The SMILES string of the molecule is C=CC[C@H](/C=C(\C)C[C@H](C)C[C@H](OC)[C@H]1OC(=O)C(C)C[C@@H]1OC)C(=O)C[C@H](O)[C@@H](C)[C@H](OC(=O)[C@@H]1CCCCN1C=O)/C(C)=C/[C@@H]1CC[C@@H](O)[C@H](OC)C1. The van der Waals surface area contributed by atoms with Gasteiger partial charge in [-0.1, -0.05) is 44.6 Å². The molecule has 0 radical (unpaired) electrons. The van der Waals surface area contributed by atoms with Gasteiger partial charge in [-0.2, -0.15) is 0 Å². The zero-order chi connectivity index (χ0) is 40.8. The molecule has 0 aromatic heterocycles. The van der Waals surface area contributed by atoms with E-state index in [2.05, 4.69) is 13.5 Å². The first-order chi connectivity index (χ1) is 26.2. The summed E-state index contributed by atoms with van der Waals surface area (Å²) in [5, 5.41) is 22.0. The molecule has 12 nitrogen and oxygen atoms in total. The molecule has 3 rings (SSSR count). The number of aliphatic hydroxyl groups excluding tert-OH is 2. The van der Waals surface area contributed by atoms with Crippen molar-refractivity contribution in [1.82, 2.24) is 4.90 Å². The number of esters is 2. The first-order valence-electron chi connectivity index (χ1n) is 20.2. The summed E-state index contributed by atoms with van der Waals surface area (Å²) < 4.78 is 28.9. The monoisotopic (exact) mass is 775 g/mol. The summed E-state index contributed by atoms with van der Waals surface area (Å²) in [5.41, 5.74) is 1.75. The first-order valence-corrected chi connectivity index (χ1v) is 20.2. The van der Waals surface area contributed by atoms with E-state index >= 15 is 0 Å². The fourth-order valence-corrected chi connectivity index (χ4v) is 8.64. The van der Waals surface area contributed by atoms with Gasteiger partial charge in [-0.15, -0.1) is 6.58 Å². The maximum atomic E-state index is 13.8. The van der Waals surface area contributed by atoms with Crippen molar-refractivity contribution in [2.24, 2.45) is 29.6 Å². The Morgan fingerprint density at radius 3 is 2.38 bits per heavy atom. The maximum absolute atomic E-state index is 13.8. The topological polar surface area (TPSA) is 158 Å². The minimum absolute atomic E-state index is 0.0658. The number of hydrogen-bond acceptors (Lipinski definition) is 11. The molecule has 1 aliphatic carbocycles. The predicted molar refractivity (Wildman–Crippen MR) is 209 cm³/mol. The molecule has 2 heterocycles. The molecular weight excluding hydrogens is 706 g/mol. The van der Waals surface area contributed by atoms with Crippen molar-refractivity contribution in [3.05, 3.63) is 36.0 Å². The van der Waals surface area contributed by atoms with E-state index in [-0.39, 0.29) is 54.2 Å². The lowest BCUT2D eigenvalue weighted by atomic mass is 9.81. The Morgan fingerprint density at radius 2 is 1.75 bits per heavy atom. The summed E-state index contributed by atoms with van der Waals surface area (Å²) in [6.07, 6.45) is 8.59. The second-order valence-electron chi connectivity index (χ2n) is 16.4. The van der Waals surface area contributed by atoms with Gasteiger partial charge in [-0.3, -0.25) is 14.4 Å². The van der Waals surface area contributed by atoms with Gasteiger partial charge in [0.15, 0.2) is 6.10 Å². The summed E-state index contributed by atoms with van der Waals surface area (Å²) in [6, 6.07) is -0.704. The van der Waals surface area contributed by atoms with Gasteiger partial charge in [0.25, 0.3) is 0 Å². The molecule has 0 bridgehead atoms. The number of hydrogen-bond donors (Lipinski definition) is 2. The van der Waals surface area contributed by atoms with Crippen molar-refractivity contribution < 1.29 is 53.1 Å². The number of allylic oxidation sites excluding steroid dienone is 4. The lowest BCUT2D eigenvalue weighted by molar-refractivity contribution is -0.189. The molecule has 0 aromatic rings. The van der Waals surface area contributed by atoms with Gasteiger partial charge < -0.3 is 38.8 Å². The smallest absolute Gasteiger partial charge is 0.329 e. The van der Waals surface area contributed by atoms with Gasteiger partial charge in [-0.25, -0.2) is 4.79 Å². The highest BCUT2D eigenvalue weighted by molar-refractivity contribution is 5.83. The number of piperidine rings is 1. The Balaban J connectivity index is 1.74. The Bertz CT molecular complexity index is 1330. The van der Waals surface area contributed by atoms with Gasteiger partial charge in [0.05, 0.1) is 36.4 Å². The molecule has 12 heteroatoms. The van der Waals surface area contributed by atoms with Crippen LogP contribution in [0.25, 0.3) is 0 Å². The maximum Gasteiger partial charge on any atom is 0.329 e. The number of ketones is 1. The van der Waals surface area contributed by atoms with Crippen LogP contribution in [0, 0.1) is 29.6 Å². The van der Waals surface area contributed by atoms with Crippen molar-refractivity contribution in [1.29, 1.82) is 0 Å². The highest BCUT2D eigenvalue weighted by Crippen LogP contribution is 2.33. The van der Waals surface area contributed by atoms with E-state index in [1.54, 1.807) is 34.3 Å². The van der Waals surface area contributed by atoms with Crippen LogP contribution in [0.1, 0.15) is 105 Å². The number of nitrogens with zero attached hydrogens (tertiary/aromatic N) is 1. The number of rotatable bonds is 21. The van der Waals surface area contributed by atoms with Crippen molar-refractivity contribution >= 4 is 24.1 Å². The lowest BCUT2D eigenvalue weighted by Gasteiger charge is -2.38. The Kier molecular flexibility index (Phi) is 19.2. The first kappa shape index (κ1) is 46.5. The Hall–Kier alpha value is -2.90. The van der Waals surface area contributed by atoms with E-state index in [1.165, 1.54) is 4.90 Å². The predicted octanol–water partition coefficient (Wildman–Crippen LogP) is 5.52. The second-order valence-corrected chi connectivity index (χ2v) is 16.4. The average Bonchev–Trinajstić information content (AvgIpc) is 3.16. The van der Waals surface area contributed by atoms with Crippen LogP contribution in [0.2, 0.25) is 0 Å². The summed E-state index contributed by atoms with van der Waals surface area (Å²) >= 11 is 0. The van der Waals surface area contributed by atoms with Crippen LogP contribution < -0.4 is 0 Å². The third-order valence-electron chi connectivity index (χ3n) is 11.9. The molecule has 2 saturated heterocycles. The molecule has 0 spiro atoms. The molecule has 13 atom stereocenters. The summed E-state index contributed by atoms with van der Waals surface area (Å²) in [5.74, 6) is -2.11. The third kappa shape index (κ3) is 13.3. The highest BCUT2D eigenvalue weighted by atomic mass is 16.6. The van der Waals surface area contributed by atoms with Crippen molar-refractivity contribution in [2.45, 2.75) is 154 Å². The molecule has 1 saturated carbocycles. The third-order valence-corrected chi connectivity index (χ3v) is 11.9. The van der Waals surface area contributed by atoms with E-state index in [0.29, 0.717) is 57.9 Å². The quantitative estimate of drug-likeness (QED) is 0.0859. The van der Waals surface area contributed by atoms with Crippen LogP contribution in [0.3, 0.4) is 0 Å². The summed E-state index contributed by atoms with van der Waals surface area (Å²) in [4.78, 5) is 53.1. The normalized spacial score (nSPS) is 30.0. The number of carbonyl (C=O) groups excluding carboxylic acids is 4. The largest absolute Gasteiger partial charge is 0.457 e. The van der Waals surface area contributed by atoms with E-state index < -0.39 is 48.3 Å². The standard InChI is InChI=1S/C43H69NO11/c1-10-13-32(19-26(2)18-27(3)20-38(52-8)41-39(53-9)22-29(5)42(49)55-41)36(48)24-35(47)30(6)40(54-43(50)33-14-11-12-17-44(33)25-45)28(4)21-31-15-16-34(46)37(23-31)51-7/h10,19,21,25,27,29-35,37-41,46-47H,1,11-18,20,22-24H2,2-9H3/b26-19+,28-21+/t27-,29?,30+,31-,32+,33-,34+,35-,37+,38-,39-,40+,41+/m0/s1. The molecule has 2 aliphatic heterocycles. The summed E-state index contributed by atoms with van der Waals surface area (Å²) in [6.45, 7) is 13.9. The average molecular weight is 776 g/mol. The lowest BCUT2D eigenvalue weighted by Crippen LogP contribution is -2.49. The number of aliphatic hydroxyl groups is 2. The number of likely N-dealkylation sites (tertiary alicyclic amines) is 1. The number of Topliss-reactive ketones (excluding diaryl/α,β-unsaturated/α-hetero) is 1. The Morgan fingerprint density at radius 1 is 1.04 bits per heavy atom. The molecule has 0 aromatic carbocycles. The van der Waals surface area contributed by atoms with Crippen molar-refractivity contribution in [3.63, 3.8) is 0 Å². The van der Waals surface area contributed by atoms with Crippen LogP contribution in [0.4, 0.5) is 0 Å². The number of amides is 1. The van der Waals surface area contributed by atoms with Crippen LogP contribution >= 0.6 is 0 Å². The van der Waals surface area contributed by atoms with Gasteiger partial charge in [0, 0.05) is 46.1 Å². The van der Waals surface area contributed by atoms with Crippen LogP contribution in [0.5, 0.6) is 0 Å². The van der Waals surface area contributed by atoms with Gasteiger partial charge in [-0.05, 0) is 95.5 Å². The zero-order valence-electron chi connectivity index (χ0n) is 34.5. The van der Waals surface area contributed by atoms with E-state index in [0.717, 1.165) is 30.4 Å². The van der Waals surface area contributed by atoms with Crippen LogP contribution in [0.15, 0.2) is 36.0 Å². The molecule has 1 unspecified atom stereocenters. The molecule has 2 N–H and O–H groups in total. The van der Waals surface area contributed by atoms with Crippen molar-refractivity contribution in [3.8, 4) is 0 Å². The number of methoxy groups -OCH3 is 3. The minimum atomic E-state index is -1.13. The van der Waals surface area contributed by atoms with E-state index in [9.17, 15) is 29.4 Å². The van der Waals surface area contributed by atoms with Crippen molar-refractivity contribution in [2.75, 3.05) is 27.9 Å².